The summed E-state index contributed by atoms with van der Waals surface area (Å²) in [6.07, 6.45) is 3.91. The molecule has 70 valence electrons. The predicted octanol–water partition coefficient (Wildman–Crippen LogP) is 0.253. The van der Waals surface area contributed by atoms with E-state index < -0.39 is 6.10 Å². The standard InChI is InChI=1S/C8H16N2O2/c9-5-8(11)6-12-10-7-3-1-2-4-7/h8,11H,1-6,9H2. The highest BCUT2D eigenvalue weighted by atomic mass is 16.6. The topological polar surface area (TPSA) is 67.8 Å². The van der Waals surface area contributed by atoms with E-state index in [0.717, 1.165) is 18.6 Å². The molecule has 1 aliphatic rings. The van der Waals surface area contributed by atoms with E-state index >= 15 is 0 Å². The third kappa shape index (κ3) is 3.19. The fourth-order valence-corrected chi connectivity index (χ4v) is 1.16. The molecule has 1 fully saturated rings. The van der Waals surface area contributed by atoms with Crippen molar-refractivity contribution in [3.05, 3.63) is 0 Å². The lowest BCUT2D eigenvalue weighted by Crippen LogP contribution is -2.24. The second-order valence-electron chi connectivity index (χ2n) is 3.05. The third-order valence-electron chi connectivity index (χ3n) is 1.91. The van der Waals surface area contributed by atoms with Crippen molar-refractivity contribution in [3.8, 4) is 0 Å². The minimum atomic E-state index is -0.587. The van der Waals surface area contributed by atoms with Crippen molar-refractivity contribution in [1.29, 1.82) is 0 Å². The molecule has 12 heavy (non-hydrogen) atoms. The number of hydrogen-bond donors (Lipinski definition) is 2. The average Bonchev–Trinajstić information content (AvgIpc) is 2.57. The van der Waals surface area contributed by atoms with Crippen molar-refractivity contribution >= 4 is 5.71 Å². The molecule has 1 saturated carbocycles. The zero-order valence-corrected chi connectivity index (χ0v) is 7.20. The van der Waals surface area contributed by atoms with Gasteiger partial charge in [-0.1, -0.05) is 5.16 Å². The smallest absolute Gasteiger partial charge is 0.144 e. The maximum atomic E-state index is 9.01. The third-order valence-corrected chi connectivity index (χ3v) is 1.91. The second kappa shape index (κ2) is 5.11. The molecule has 0 aromatic rings. The van der Waals surface area contributed by atoms with Gasteiger partial charge in [0.15, 0.2) is 0 Å². The summed E-state index contributed by atoms with van der Waals surface area (Å²) in [5.74, 6) is 0. The Morgan fingerprint density at radius 3 is 2.75 bits per heavy atom. The van der Waals surface area contributed by atoms with Crippen LogP contribution in [0, 0.1) is 0 Å². The molecule has 4 heteroatoms. The Balaban J connectivity index is 2.11. The molecular weight excluding hydrogens is 156 g/mol. The fraction of sp³-hybridized carbons (Fsp3) is 0.875. The molecule has 1 aliphatic carbocycles. The first-order chi connectivity index (χ1) is 5.83. The van der Waals surface area contributed by atoms with Gasteiger partial charge in [-0.2, -0.15) is 0 Å². The summed E-state index contributed by atoms with van der Waals surface area (Å²) >= 11 is 0. The molecule has 0 aromatic heterocycles. The van der Waals surface area contributed by atoms with E-state index in [-0.39, 0.29) is 13.2 Å². The highest BCUT2D eigenvalue weighted by molar-refractivity contribution is 5.85. The van der Waals surface area contributed by atoms with Crippen LogP contribution in [-0.4, -0.2) is 30.1 Å². The van der Waals surface area contributed by atoms with Gasteiger partial charge in [0.25, 0.3) is 0 Å². The Kier molecular flexibility index (Phi) is 4.04. The van der Waals surface area contributed by atoms with Gasteiger partial charge in [0.2, 0.25) is 0 Å². The van der Waals surface area contributed by atoms with Crippen molar-refractivity contribution in [1.82, 2.24) is 0 Å². The summed E-state index contributed by atoms with van der Waals surface area (Å²) < 4.78 is 0. The first-order valence-electron chi connectivity index (χ1n) is 4.38. The van der Waals surface area contributed by atoms with E-state index in [1.807, 2.05) is 0 Å². The molecule has 0 aliphatic heterocycles. The van der Waals surface area contributed by atoms with E-state index in [1.165, 1.54) is 12.8 Å². The Hall–Kier alpha value is -0.610. The van der Waals surface area contributed by atoms with Gasteiger partial charge in [-0.3, -0.25) is 0 Å². The monoisotopic (exact) mass is 172 g/mol. The molecule has 0 spiro atoms. The van der Waals surface area contributed by atoms with Crippen LogP contribution in [0.25, 0.3) is 0 Å². The van der Waals surface area contributed by atoms with Gasteiger partial charge in [-0.25, -0.2) is 0 Å². The van der Waals surface area contributed by atoms with Crippen LogP contribution in [0.1, 0.15) is 25.7 Å². The Bertz CT molecular complexity index is 151. The summed E-state index contributed by atoms with van der Waals surface area (Å²) in [5.41, 5.74) is 6.30. The largest absolute Gasteiger partial charge is 0.393 e. The van der Waals surface area contributed by atoms with Gasteiger partial charge in [0.1, 0.15) is 12.7 Å². The molecule has 0 heterocycles. The van der Waals surface area contributed by atoms with Crippen LogP contribution in [0.3, 0.4) is 0 Å². The van der Waals surface area contributed by atoms with Crippen molar-refractivity contribution in [2.45, 2.75) is 31.8 Å². The lowest BCUT2D eigenvalue weighted by molar-refractivity contribution is 0.0445. The van der Waals surface area contributed by atoms with E-state index in [2.05, 4.69) is 5.16 Å². The summed E-state index contributed by atoms with van der Waals surface area (Å²) in [5, 5.41) is 12.9. The Labute approximate surface area is 72.4 Å². The molecule has 0 radical (unpaired) electrons. The van der Waals surface area contributed by atoms with E-state index in [9.17, 15) is 0 Å². The molecule has 3 N–H and O–H groups in total. The number of aliphatic hydroxyl groups excluding tert-OH is 1. The highest BCUT2D eigenvalue weighted by Crippen LogP contribution is 2.14. The zero-order valence-electron chi connectivity index (χ0n) is 7.20. The molecule has 1 atom stereocenters. The van der Waals surface area contributed by atoms with Crippen molar-refractivity contribution in [3.63, 3.8) is 0 Å². The van der Waals surface area contributed by atoms with Crippen LogP contribution in [0.2, 0.25) is 0 Å². The van der Waals surface area contributed by atoms with Crippen LogP contribution in [0.4, 0.5) is 0 Å². The number of nitrogens with two attached hydrogens (primary N) is 1. The molecule has 0 amide bonds. The van der Waals surface area contributed by atoms with Gasteiger partial charge < -0.3 is 15.7 Å². The number of hydrogen-bond acceptors (Lipinski definition) is 4. The quantitative estimate of drug-likeness (QED) is 0.597. The van der Waals surface area contributed by atoms with Crippen molar-refractivity contribution in [2.24, 2.45) is 10.9 Å². The maximum absolute atomic E-state index is 9.01. The predicted molar refractivity (Wildman–Crippen MR) is 46.9 cm³/mol. The van der Waals surface area contributed by atoms with Gasteiger partial charge in [-0.05, 0) is 25.7 Å². The minimum Gasteiger partial charge on any atom is -0.393 e. The zero-order chi connectivity index (χ0) is 8.81. The average molecular weight is 172 g/mol. The SMILES string of the molecule is NCC(O)CON=C1CCCC1. The van der Waals surface area contributed by atoms with Crippen LogP contribution >= 0.6 is 0 Å². The van der Waals surface area contributed by atoms with Crippen molar-refractivity contribution in [2.75, 3.05) is 13.2 Å². The lowest BCUT2D eigenvalue weighted by Gasteiger charge is -2.05. The Morgan fingerprint density at radius 1 is 1.50 bits per heavy atom. The first kappa shape index (κ1) is 9.48. The number of nitrogens with zero attached hydrogens (tertiary/aromatic N) is 1. The minimum absolute atomic E-state index is 0.208. The maximum Gasteiger partial charge on any atom is 0.144 e. The molecule has 0 bridgehead atoms. The fourth-order valence-electron chi connectivity index (χ4n) is 1.16. The number of aliphatic hydroxyl groups is 1. The van der Waals surface area contributed by atoms with Gasteiger partial charge >= 0.3 is 0 Å². The highest BCUT2D eigenvalue weighted by Gasteiger charge is 2.08. The van der Waals surface area contributed by atoms with Crippen LogP contribution in [0.5, 0.6) is 0 Å². The van der Waals surface area contributed by atoms with E-state index in [0.29, 0.717) is 0 Å². The lowest BCUT2D eigenvalue weighted by atomic mass is 10.3. The van der Waals surface area contributed by atoms with Crippen LogP contribution < -0.4 is 5.73 Å². The summed E-state index contributed by atoms with van der Waals surface area (Å²) in [4.78, 5) is 4.93. The van der Waals surface area contributed by atoms with Crippen LogP contribution in [0.15, 0.2) is 5.16 Å². The molecular formula is C8H16N2O2. The van der Waals surface area contributed by atoms with E-state index in [4.69, 9.17) is 15.7 Å². The number of rotatable bonds is 4. The molecule has 0 saturated heterocycles. The molecule has 1 unspecified atom stereocenters. The first-order valence-corrected chi connectivity index (χ1v) is 4.38. The van der Waals surface area contributed by atoms with Gasteiger partial charge in [-0.15, -0.1) is 0 Å². The summed E-state index contributed by atoms with van der Waals surface area (Å²) in [7, 11) is 0. The summed E-state index contributed by atoms with van der Waals surface area (Å²) in [6, 6.07) is 0. The number of oxime groups is 1. The van der Waals surface area contributed by atoms with Gasteiger partial charge in [0.05, 0.1) is 5.71 Å². The second-order valence-corrected chi connectivity index (χ2v) is 3.05. The van der Waals surface area contributed by atoms with Crippen LogP contribution in [-0.2, 0) is 4.84 Å². The van der Waals surface area contributed by atoms with E-state index in [1.54, 1.807) is 0 Å². The van der Waals surface area contributed by atoms with Gasteiger partial charge in [0, 0.05) is 6.54 Å². The molecule has 1 rings (SSSR count). The summed E-state index contributed by atoms with van der Waals surface area (Å²) in [6.45, 7) is 0.435. The Morgan fingerprint density at radius 2 is 2.17 bits per heavy atom. The molecule has 4 nitrogen and oxygen atoms in total. The normalized spacial score (nSPS) is 19.3. The van der Waals surface area contributed by atoms with Crippen molar-refractivity contribution < 1.29 is 9.94 Å². The molecule has 0 aromatic carbocycles.